The highest BCUT2D eigenvalue weighted by molar-refractivity contribution is 5.80. The fraction of sp³-hybridized carbons (Fsp3) is 0.846. The summed E-state index contributed by atoms with van der Waals surface area (Å²) < 4.78 is 0. The van der Waals surface area contributed by atoms with Crippen LogP contribution in [0.1, 0.15) is 45.4 Å². The van der Waals surface area contributed by atoms with Crippen molar-refractivity contribution < 1.29 is 14.7 Å². The molecule has 2 aliphatic carbocycles. The van der Waals surface area contributed by atoms with Crippen LogP contribution in [-0.2, 0) is 4.79 Å². The second-order valence-electron chi connectivity index (χ2n) is 5.64. The molecule has 0 aromatic rings. The zero-order valence-electron chi connectivity index (χ0n) is 10.9. The van der Waals surface area contributed by atoms with E-state index in [-0.39, 0.29) is 18.1 Å². The molecule has 0 aliphatic heterocycles. The summed E-state index contributed by atoms with van der Waals surface area (Å²) in [5.41, 5.74) is -0.0720. The molecule has 5 heteroatoms. The van der Waals surface area contributed by atoms with Gasteiger partial charge < -0.3 is 15.3 Å². The minimum atomic E-state index is -0.940. The highest BCUT2D eigenvalue weighted by Gasteiger charge is 2.38. The lowest BCUT2D eigenvalue weighted by molar-refractivity contribution is -0.137. The zero-order chi connectivity index (χ0) is 13.2. The molecule has 0 aromatic heterocycles. The van der Waals surface area contributed by atoms with E-state index in [2.05, 4.69) is 12.2 Å². The van der Waals surface area contributed by atoms with Gasteiger partial charge in [-0.15, -0.1) is 0 Å². The number of aliphatic carboxylic acids is 1. The molecule has 0 saturated heterocycles. The smallest absolute Gasteiger partial charge is 0.323 e. The molecule has 0 heterocycles. The van der Waals surface area contributed by atoms with Crippen LogP contribution < -0.4 is 5.32 Å². The summed E-state index contributed by atoms with van der Waals surface area (Å²) in [6, 6.07) is -0.203. The largest absolute Gasteiger partial charge is 0.480 e. The number of nitrogens with zero attached hydrogens (tertiary/aromatic N) is 1. The molecule has 2 amide bonds. The molecule has 0 unspecified atom stereocenters. The average molecular weight is 254 g/mol. The van der Waals surface area contributed by atoms with E-state index in [1.165, 1.54) is 4.90 Å². The Bertz CT molecular complexity index is 330. The van der Waals surface area contributed by atoms with Gasteiger partial charge in [-0.25, -0.2) is 4.79 Å². The van der Waals surface area contributed by atoms with Gasteiger partial charge in [0.15, 0.2) is 0 Å². The van der Waals surface area contributed by atoms with Crippen molar-refractivity contribution >= 4 is 12.0 Å². The third kappa shape index (κ3) is 3.15. The van der Waals surface area contributed by atoms with Crippen molar-refractivity contribution in [2.45, 2.75) is 51.0 Å². The van der Waals surface area contributed by atoms with Gasteiger partial charge in [-0.1, -0.05) is 6.92 Å². The Labute approximate surface area is 108 Å². The summed E-state index contributed by atoms with van der Waals surface area (Å²) in [5.74, 6) is -0.431. The van der Waals surface area contributed by atoms with Crippen molar-refractivity contribution in [1.82, 2.24) is 10.2 Å². The third-order valence-electron chi connectivity index (χ3n) is 4.15. The molecule has 102 valence electrons. The Morgan fingerprint density at radius 1 is 1.39 bits per heavy atom. The van der Waals surface area contributed by atoms with Gasteiger partial charge in [-0.3, -0.25) is 4.79 Å². The second kappa shape index (κ2) is 5.16. The second-order valence-corrected chi connectivity index (χ2v) is 5.64. The third-order valence-corrected chi connectivity index (χ3v) is 4.15. The van der Waals surface area contributed by atoms with Gasteiger partial charge >= 0.3 is 12.0 Å². The van der Waals surface area contributed by atoms with E-state index in [1.807, 2.05) is 0 Å². The van der Waals surface area contributed by atoms with Crippen molar-refractivity contribution in [2.24, 2.45) is 5.92 Å². The van der Waals surface area contributed by atoms with Crippen molar-refractivity contribution in [3.8, 4) is 0 Å². The molecule has 0 bridgehead atoms. The number of carbonyl (C=O) groups excluding carboxylic acids is 1. The van der Waals surface area contributed by atoms with Gasteiger partial charge in [0, 0.05) is 12.1 Å². The first-order chi connectivity index (χ1) is 8.54. The average Bonchev–Trinajstić information content (AvgIpc) is 3.05. The predicted molar refractivity (Wildman–Crippen MR) is 67.3 cm³/mol. The Balaban J connectivity index is 1.91. The summed E-state index contributed by atoms with van der Waals surface area (Å²) in [5, 5.41) is 11.9. The van der Waals surface area contributed by atoms with Crippen molar-refractivity contribution in [3.63, 3.8) is 0 Å². The van der Waals surface area contributed by atoms with Crippen LogP contribution in [0.25, 0.3) is 0 Å². The quantitative estimate of drug-likeness (QED) is 0.759. The fourth-order valence-electron chi connectivity index (χ4n) is 2.47. The van der Waals surface area contributed by atoms with Gasteiger partial charge in [0.1, 0.15) is 6.54 Å². The molecule has 2 N–H and O–H groups in total. The number of carbonyl (C=O) groups is 2. The van der Waals surface area contributed by atoms with Crippen molar-refractivity contribution in [3.05, 3.63) is 0 Å². The molecule has 5 nitrogen and oxygen atoms in total. The Kier molecular flexibility index (Phi) is 3.78. The van der Waals surface area contributed by atoms with Gasteiger partial charge in [-0.2, -0.15) is 0 Å². The fourth-order valence-corrected chi connectivity index (χ4v) is 2.47. The maximum absolute atomic E-state index is 12.2. The summed E-state index contributed by atoms with van der Waals surface area (Å²) in [4.78, 5) is 24.4. The lowest BCUT2D eigenvalue weighted by Crippen LogP contribution is -2.57. The van der Waals surface area contributed by atoms with Gasteiger partial charge in [0.25, 0.3) is 0 Å². The topological polar surface area (TPSA) is 69.6 Å². The van der Waals surface area contributed by atoms with Crippen LogP contribution in [0.2, 0.25) is 0 Å². The first-order valence-corrected chi connectivity index (χ1v) is 6.83. The number of carboxylic acids is 1. The van der Waals surface area contributed by atoms with Crippen LogP contribution in [-0.4, -0.2) is 40.6 Å². The number of hydrogen-bond acceptors (Lipinski definition) is 2. The Morgan fingerprint density at radius 3 is 2.44 bits per heavy atom. The summed E-state index contributed by atoms with van der Waals surface area (Å²) >= 11 is 0. The molecule has 2 fully saturated rings. The zero-order valence-corrected chi connectivity index (χ0v) is 10.9. The first kappa shape index (κ1) is 13.2. The van der Waals surface area contributed by atoms with E-state index < -0.39 is 5.97 Å². The number of nitrogens with one attached hydrogen (secondary N) is 1. The molecule has 2 aliphatic rings. The van der Waals surface area contributed by atoms with E-state index in [9.17, 15) is 9.59 Å². The molecule has 18 heavy (non-hydrogen) atoms. The minimum absolute atomic E-state index is 0.0720. The molecular weight excluding hydrogens is 232 g/mol. The van der Waals surface area contributed by atoms with E-state index in [0.29, 0.717) is 12.5 Å². The number of rotatable bonds is 6. The highest BCUT2D eigenvalue weighted by Crippen LogP contribution is 2.35. The van der Waals surface area contributed by atoms with Crippen LogP contribution in [0.4, 0.5) is 4.79 Å². The number of amides is 2. The van der Waals surface area contributed by atoms with Crippen LogP contribution in [0.3, 0.4) is 0 Å². The van der Waals surface area contributed by atoms with Crippen molar-refractivity contribution in [1.29, 1.82) is 0 Å². The summed E-state index contributed by atoms with van der Waals surface area (Å²) in [6.45, 7) is 2.46. The molecule has 0 aromatic carbocycles. The van der Waals surface area contributed by atoms with E-state index in [4.69, 9.17) is 5.11 Å². The summed E-state index contributed by atoms with van der Waals surface area (Å²) in [6.07, 6.45) is 6.32. The van der Waals surface area contributed by atoms with Crippen LogP contribution in [0.15, 0.2) is 0 Å². The Morgan fingerprint density at radius 2 is 2.06 bits per heavy atom. The number of hydrogen-bond donors (Lipinski definition) is 2. The molecule has 2 saturated carbocycles. The standard InChI is InChI=1S/C13H22N2O3/c1-2-13(6-3-7-13)14-12(18)15(9-11(16)17)8-10-4-5-10/h10H,2-9H2,1H3,(H,14,18)(H,16,17). The minimum Gasteiger partial charge on any atom is -0.480 e. The van der Waals surface area contributed by atoms with Crippen LogP contribution >= 0.6 is 0 Å². The maximum Gasteiger partial charge on any atom is 0.323 e. The Hall–Kier alpha value is -1.26. The van der Waals surface area contributed by atoms with Gasteiger partial charge in [0.2, 0.25) is 0 Å². The first-order valence-electron chi connectivity index (χ1n) is 6.83. The molecule has 0 spiro atoms. The van der Waals surface area contributed by atoms with Gasteiger partial charge in [0.05, 0.1) is 0 Å². The highest BCUT2D eigenvalue weighted by atomic mass is 16.4. The monoisotopic (exact) mass is 254 g/mol. The number of carboxylic acid groups (broad SMARTS) is 1. The lowest BCUT2D eigenvalue weighted by atomic mass is 9.75. The predicted octanol–water partition coefficient (Wildman–Crippen LogP) is 1.83. The SMILES string of the molecule is CCC1(NC(=O)N(CC(=O)O)CC2CC2)CCC1. The van der Waals surface area contributed by atoms with E-state index in [1.54, 1.807) is 0 Å². The lowest BCUT2D eigenvalue weighted by Gasteiger charge is -2.43. The normalized spacial score (nSPS) is 20.9. The maximum atomic E-state index is 12.2. The summed E-state index contributed by atoms with van der Waals surface area (Å²) in [7, 11) is 0. The molecule has 2 rings (SSSR count). The molecular formula is C13H22N2O3. The van der Waals surface area contributed by atoms with Crippen LogP contribution in [0, 0.1) is 5.92 Å². The van der Waals surface area contributed by atoms with Crippen molar-refractivity contribution in [2.75, 3.05) is 13.1 Å². The van der Waals surface area contributed by atoms with Gasteiger partial charge in [-0.05, 0) is 44.4 Å². The molecule has 0 radical (unpaired) electrons. The van der Waals surface area contributed by atoms with Crippen LogP contribution in [0.5, 0.6) is 0 Å². The molecule has 0 atom stereocenters. The van der Waals surface area contributed by atoms with E-state index >= 15 is 0 Å². The van der Waals surface area contributed by atoms with E-state index in [0.717, 1.165) is 38.5 Å². The number of urea groups is 1.